The minimum Gasteiger partial charge on any atom is -0.495 e. The number of methoxy groups -OCH3 is 1. The summed E-state index contributed by atoms with van der Waals surface area (Å²) in [6, 6.07) is 8.20. The first-order valence-corrected chi connectivity index (χ1v) is 11.0. The van der Waals surface area contributed by atoms with Gasteiger partial charge in [-0.05, 0) is 49.2 Å². The first-order chi connectivity index (χ1) is 13.7. The molecule has 0 bridgehead atoms. The van der Waals surface area contributed by atoms with Gasteiger partial charge in [0.05, 0.1) is 22.7 Å². The molecule has 2 aromatic rings. The van der Waals surface area contributed by atoms with Crippen molar-refractivity contribution in [3.05, 3.63) is 52.3 Å². The maximum atomic E-state index is 13.3. The zero-order valence-corrected chi connectivity index (χ0v) is 17.8. The zero-order chi connectivity index (χ0) is 21.2. The van der Waals surface area contributed by atoms with Crippen LogP contribution < -0.4 is 10.1 Å². The van der Waals surface area contributed by atoms with Gasteiger partial charge in [0, 0.05) is 24.0 Å². The van der Waals surface area contributed by atoms with E-state index in [1.165, 1.54) is 17.5 Å². The predicted octanol–water partition coefficient (Wildman–Crippen LogP) is 4.18. The largest absolute Gasteiger partial charge is 0.495 e. The highest BCUT2D eigenvalue weighted by atomic mass is 35.5. The molecule has 0 radical (unpaired) electrons. The molecule has 0 spiro atoms. The van der Waals surface area contributed by atoms with Gasteiger partial charge in [-0.1, -0.05) is 23.2 Å². The van der Waals surface area contributed by atoms with Crippen molar-refractivity contribution in [3.8, 4) is 5.75 Å². The van der Waals surface area contributed by atoms with E-state index in [0.717, 1.165) is 12.1 Å². The Kier molecular flexibility index (Phi) is 6.68. The van der Waals surface area contributed by atoms with Crippen LogP contribution in [0.4, 0.5) is 10.1 Å². The minimum atomic E-state index is -3.81. The SMILES string of the molecule is COc1ccc(Cl)cc1NC(=O)C1CCN(S(=O)(=O)c2ccc(F)c(Cl)c2)CC1. The van der Waals surface area contributed by atoms with E-state index >= 15 is 0 Å². The monoisotopic (exact) mass is 460 g/mol. The molecule has 10 heteroatoms. The van der Waals surface area contributed by atoms with E-state index in [1.807, 2.05) is 0 Å². The number of rotatable bonds is 5. The molecule has 1 heterocycles. The van der Waals surface area contributed by atoms with Gasteiger partial charge in [-0.15, -0.1) is 0 Å². The molecule has 0 aliphatic carbocycles. The maximum absolute atomic E-state index is 13.3. The van der Waals surface area contributed by atoms with Crippen molar-refractivity contribution in [1.82, 2.24) is 4.31 Å². The number of carbonyl (C=O) groups excluding carboxylic acids is 1. The highest BCUT2D eigenvalue weighted by Gasteiger charge is 2.32. The number of carbonyl (C=O) groups is 1. The highest BCUT2D eigenvalue weighted by molar-refractivity contribution is 7.89. The molecule has 1 amide bonds. The van der Waals surface area contributed by atoms with Crippen LogP contribution in [0.15, 0.2) is 41.3 Å². The van der Waals surface area contributed by atoms with Crippen molar-refractivity contribution in [2.75, 3.05) is 25.5 Å². The van der Waals surface area contributed by atoms with E-state index < -0.39 is 15.8 Å². The van der Waals surface area contributed by atoms with Gasteiger partial charge in [-0.3, -0.25) is 4.79 Å². The summed E-state index contributed by atoms with van der Waals surface area (Å²) in [5.41, 5.74) is 0.459. The van der Waals surface area contributed by atoms with Crippen molar-refractivity contribution >= 4 is 44.8 Å². The maximum Gasteiger partial charge on any atom is 0.243 e. The van der Waals surface area contributed by atoms with Crippen LogP contribution in [0.2, 0.25) is 10.0 Å². The van der Waals surface area contributed by atoms with Crippen molar-refractivity contribution in [2.45, 2.75) is 17.7 Å². The molecule has 6 nitrogen and oxygen atoms in total. The lowest BCUT2D eigenvalue weighted by atomic mass is 9.97. The standard InChI is InChI=1S/C19H19Cl2FN2O4S/c1-28-18-5-2-13(20)10-17(18)23-19(25)12-6-8-24(9-7-12)29(26,27)14-3-4-16(22)15(21)11-14/h2-5,10-12H,6-9H2,1H3,(H,23,25). The second-order valence-corrected chi connectivity index (χ2v) is 9.37. The van der Waals surface area contributed by atoms with Crippen LogP contribution in [0.25, 0.3) is 0 Å². The Balaban J connectivity index is 1.66. The average molecular weight is 461 g/mol. The molecular weight excluding hydrogens is 442 g/mol. The number of ether oxygens (including phenoxy) is 1. The summed E-state index contributed by atoms with van der Waals surface area (Å²) in [6.07, 6.45) is 0.700. The Morgan fingerprint density at radius 1 is 1.17 bits per heavy atom. The third-order valence-electron chi connectivity index (χ3n) is 4.77. The van der Waals surface area contributed by atoms with Crippen LogP contribution >= 0.6 is 23.2 Å². The summed E-state index contributed by atoms with van der Waals surface area (Å²) in [4.78, 5) is 12.5. The van der Waals surface area contributed by atoms with E-state index in [2.05, 4.69) is 5.32 Å². The van der Waals surface area contributed by atoms with E-state index in [4.69, 9.17) is 27.9 Å². The van der Waals surface area contributed by atoms with E-state index in [9.17, 15) is 17.6 Å². The number of amides is 1. The molecule has 1 fully saturated rings. The summed E-state index contributed by atoms with van der Waals surface area (Å²) < 4.78 is 45.3. The number of nitrogens with one attached hydrogen (secondary N) is 1. The molecule has 0 atom stereocenters. The molecule has 1 N–H and O–H groups in total. The Morgan fingerprint density at radius 2 is 1.86 bits per heavy atom. The van der Waals surface area contributed by atoms with E-state index in [0.29, 0.717) is 29.3 Å². The molecule has 1 aliphatic rings. The summed E-state index contributed by atoms with van der Waals surface area (Å²) in [5.74, 6) is -0.789. The topological polar surface area (TPSA) is 75.7 Å². The molecule has 156 valence electrons. The molecule has 1 saturated heterocycles. The van der Waals surface area contributed by atoms with Crippen LogP contribution in [-0.4, -0.2) is 38.8 Å². The van der Waals surface area contributed by atoms with Crippen LogP contribution in [0.5, 0.6) is 5.75 Å². The van der Waals surface area contributed by atoms with Gasteiger partial charge < -0.3 is 10.1 Å². The number of piperidine rings is 1. The van der Waals surface area contributed by atoms with Gasteiger partial charge in [0.1, 0.15) is 11.6 Å². The Labute approximate surface area is 178 Å². The van der Waals surface area contributed by atoms with Gasteiger partial charge >= 0.3 is 0 Å². The van der Waals surface area contributed by atoms with Crippen molar-refractivity contribution in [3.63, 3.8) is 0 Å². The Bertz CT molecular complexity index is 1020. The fourth-order valence-electron chi connectivity index (χ4n) is 3.16. The summed E-state index contributed by atoms with van der Waals surface area (Å²) >= 11 is 11.7. The number of hydrogen-bond donors (Lipinski definition) is 1. The second-order valence-electron chi connectivity index (χ2n) is 6.59. The van der Waals surface area contributed by atoms with Gasteiger partial charge in [-0.2, -0.15) is 4.31 Å². The molecular formula is C19H19Cl2FN2O4S. The number of sulfonamides is 1. The predicted molar refractivity (Wildman–Crippen MR) is 110 cm³/mol. The quantitative estimate of drug-likeness (QED) is 0.725. The van der Waals surface area contributed by atoms with Crippen LogP contribution in [0, 0.1) is 11.7 Å². The Morgan fingerprint density at radius 3 is 2.48 bits per heavy atom. The first-order valence-electron chi connectivity index (χ1n) is 8.82. The minimum absolute atomic E-state index is 0.0736. The average Bonchev–Trinajstić information content (AvgIpc) is 2.70. The lowest BCUT2D eigenvalue weighted by Gasteiger charge is -2.30. The summed E-state index contributed by atoms with van der Waals surface area (Å²) in [6.45, 7) is 0.337. The first kappa shape index (κ1) is 21.8. The van der Waals surface area contributed by atoms with Gasteiger partial charge in [0.15, 0.2) is 0 Å². The normalized spacial score (nSPS) is 15.9. The van der Waals surface area contributed by atoms with Crippen LogP contribution in [-0.2, 0) is 14.8 Å². The number of hydrogen-bond acceptors (Lipinski definition) is 4. The molecule has 29 heavy (non-hydrogen) atoms. The molecule has 0 aromatic heterocycles. The molecule has 1 aliphatic heterocycles. The van der Waals surface area contributed by atoms with Crippen molar-refractivity contribution < 1.29 is 22.3 Å². The molecule has 0 unspecified atom stereocenters. The van der Waals surface area contributed by atoms with Gasteiger partial charge in [0.2, 0.25) is 15.9 Å². The summed E-state index contributed by atoms with van der Waals surface area (Å²) in [5, 5.41) is 3.00. The molecule has 3 rings (SSSR count). The van der Waals surface area contributed by atoms with Crippen molar-refractivity contribution in [2.24, 2.45) is 5.92 Å². The second kappa shape index (κ2) is 8.87. The number of nitrogens with zero attached hydrogens (tertiary/aromatic N) is 1. The highest BCUT2D eigenvalue weighted by Crippen LogP contribution is 2.30. The van der Waals surface area contributed by atoms with E-state index in [-0.39, 0.29) is 34.8 Å². The fourth-order valence-corrected chi connectivity index (χ4v) is 5.07. The number of anilines is 1. The lowest BCUT2D eigenvalue weighted by molar-refractivity contribution is -0.120. The molecule has 0 saturated carbocycles. The number of benzene rings is 2. The fraction of sp³-hybridized carbons (Fsp3) is 0.316. The van der Waals surface area contributed by atoms with Crippen molar-refractivity contribution in [1.29, 1.82) is 0 Å². The third kappa shape index (κ3) is 4.83. The third-order valence-corrected chi connectivity index (χ3v) is 7.19. The van der Waals surface area contributed by atoms with E-state index in [1.54, 1.807) is 18.2 Å². The number of halogens is 3. The smallest absolute Gasteiger partial charge is 0.243 e. The molecule has 2 aromatic carbocycles. The zero-order valence-electron chi connectivity index (χ0n) is 15.5. The van der Waals surface area contributed by atoms with Crippen LogP contribution in [0.3, 0.4) is 0 Å². The van der Waals surface area contributed by atoms with Gasteiger partial charge in [-0.25, -0.2) is 12.8 Å². The Hall–Kier alpha value is -1.87. The van der Waals surface area contributed by atoms with Crippen LogP contribution in [0.1, 0.15) is 12.8 Å². The summed E-state index contributed by atoms with van der Waals surface area (Å²) in [7, 11) is -2.32. The van der Waals surface area contributed by atoms with Gasteiger partial charge in [0.25, 0.3) is 0 Å². The lowest BCUT2D eigenvalue weighted by Crippen LogP contribution is -2.41.